The molecule has 1 aliphatic carbocycles. The molecule has 0 radical (unpaired) electrons. The summed E-state index contributed by atoms with van der Waals surface area (Å²) in [6, 6.07) is 2.32. The molecule has 1 aromatic carbocycles. The number of alkyl halides is 3. The molecule has 1 aromatic rings. The molecule has 0 unspecified atom stereocenters. The van der Waals surface area contributed by atoms with E-state index in [9.17, 15) is 26.7 Å². The van der Waals surface area contributed by atoms with Crippen molar-refractivity contribution in [2.45, 2.75) is 55.8 Å². The van der Waals surface area contributed by atoms with E-state index in [4.69, 9.17) is 0 Å². The summed E-state index contributed by atoms with van der Waals surface area (Å²) in [7, 11) is -4.02. The lowest BCUT2D eigenvalue weighted by Gasteiger charge is -2.26. The Hall–Kier alpha value is -1.12. The molecule has 2 N–H and O–H groups in total. The first-order chi connectivity index (χ1) is 10.1. The van der Waals surface area contributed by atoms with E-state index in [1.165, 1.54) is 6.92 Å². The van der Waals surface area contributed by atoms with Gasteiger partial charge < -0.3 is 5.11 Å². The maximum atomic E-state index is 12.7. The lowest BCUT2D eigenvalue weighted by molar-refractivity contribution is -0.137. The molecule has 0 heterocycles. The van der Waals surface area contributed by atoms with Gasteiger partial charge in [0.2, 0.25) is 10.0 Å². The van der Waals surface area contributed by atoms with Crippen LogP contribution in [0.2, 0.25) is 0 Å². The van der Waals surface area contributed by atoms with E-state index in [-0.39, 0.29) is 16.5 Å². The van der Waals surface area contributed by atoms with E-state index < -0.39 is 27.9 Å². The molecule has 0 spiro atoms. The molecule has 0 aliphatic heterocycles. The van der Waals surface area contributed by atoms with Crippen LogP contribution in [0.3, 0.4) is 0 Å². The Morgan fingerprint density at radius 1 is 1.18 bits per heavy atom. The van der Waals surface area contributed by atoms with Crippen LogP contribution < -0.4 is 4.72 Å². The Balaban J connectivity index is 2.25. The first-order valence-electron chi connectivity index (χ1n) is 6.98. The fourth-order valence-electron chi connectivity index (χ4n) is 2.54. The first kappa shape index (κ1) is 17.2. The molecule has 22 heavy (non-hydrogen) atoms. The van der Waals surface area contributed by atoms with Crippen molar-refractivity contribution in [3.05, 3.63) is 29.3 Å². The summed E-state index contributed by atoms with van der Waals surface area (Å²) in [4.78, 5) is -0.353. The van der Waals surface area contributed by atoms with Gasteiger partial charge in [-0.15, -0.1) is 0 Å². The number of nitrogens with one attached hydrogen (secondary N) is 1. The van der Waals surface area contributed by atoms with Gasteiger partial charge in [0.1, 0.15) is 0 Å². The minimum absolute atomic E-state index is 0.261. The van der Waals surface area contributed by atoms with Gasteiger partial charge in [0, 0.05) is 6.04 Å². The van der Waals surface area contributed by atoms with Gasteiger partial charge in [-0.1, -0.05) is 6.07 Å². The highest BCUT2D eigenvalue weighted by Crippen LogP contribution is 2.32. The van der Waals surface area contributed by atoms with Crippen LogP contribution in [0.1, 0.15) is 36.8 Å². The maximum absolute atomic E-state index is 12.7. The van der Waals surface area contributed by atoms with Gasteiger partial charge >= 0.3 is 6.18 Å². The second-order valence-electron chi connectivity index (χ2n) is 5.60. The van der Waals surface area contributed by atoms with E-state index in [1.54, 1.807) is 0 Å². The summed E-state index contributed by atoms with van der Waals surface area (Å²) >= 11 is 0. The monoisotopic (exact) mass is 337 g/mol. The van der Waals surface area contributed by atoms with Crippen molar-refractivity contribution in [3.63, 3.8) is 0 Å². The second-order valence-corrected chi connectivity index (χ2v) is 7.29. The SMILES string of the molecule is Cc1ccc(C(F)(F)F)cc1S(=O)(=O)NC1CCC(O)CC1. The van der Waals surface area contributed by atoms with Crippen molar-refractivity contribution in [2.24, 2.45) is 0 Å². The summed E-state index contributed by atoms with van der Waals surface area (Å²) < 4.78 is 65.4. The predicted molar refractivity (Wildman–Crippen MR) is 74.8 cm³/mol. The molecular weight excluding hydrogens is 319 g/mol. The molecule has 8 heteroatoms. The van der Waals surface area contributed by atoms with E-state index in [0.717, 1.165) is 12.1 Å². The van der Waals surface area contributed by atoms with E-state index in [2.05, 4.69) is 4.72 Å². The van der Waals surface area contributed by atoms with Crippen molar-refractivity contribution >= 4 is 10.0 Å². The summed E-state index contributed by atoms with van der Waals surface area (Å²) in [6.45, 7) is 1.46. The lowest BCUT2D eigenvalue weighted by Crippen LogP contribution is -2.38. The van der Waals surface area contributed by atoms with Crippen molar-refractivity contribution in [3.8, 4) is 0 Å². The largest absolute Gasteiger partial charge is 0.416 e. The number of hydrogen-bond acceptors (Lipinski definition) is 3. The number of rotatable bonds is 3. The number of hydrogen-bond donors (Lipinski definition) is 2. The van der Waals surface area contributed by atoms with Crippen LogP contribution >= 0.6 is 0 Å². The Morgan fingerprint density at radius 3 is 2.32 bits per heavy atom. The third kappa shape index (κ3) is 3.99. The second kappa shape index (κ2) is 6.17. The van der Waals surface area contributed by atoms with E-state index in [0.29, 0.717) is 31.7 Å². The molecule has 1 aliphatic rings. The van der Waals surface area contributed by atoms with E-state index >= 15 is 0 Å². The van der Waals surface area contributed by atoms with Crippen LogP contribution in [0, 0.1) is 6.92 Å². The van der Waals surface area contributed by atoms with Gasteiger partial charge in [-0.3, -0.25) is 0 Å². The molecule has 1 fully saturated rings. The van der Waals surface area contributed by atoms with E-state index in [1.807, 2.05) is 0 Å². The molecule has 0 atom stereocenters. The number of sulfonamides is 1. The van der Waals surface area contributed by atoms with Crippen LogP contribution in [0.25, 0.3) is 0 Å². The van der Waals surface area contributed by atoms with Gasteiger partial charge in [-0.05, 0) is 50.3 Å². The van der Waals surface area contributed by atoms with Crippen LogP contribution in [-0.2, 0) is 16.2 Å². The number of halogens is 3. The Kier molecular flexibility index (Phi) is 4.84. The lowest BCUT2D eigenvalue weighted by atomic mass is 9.94. The molecule has 124 valence electrons. The average molecular weight is 337 g/mol. The topological polar surface area (TPSA) is 66.4 Å². The Labute approximate surface area is 127 Å². The standard InChI is InChI=1S/C14H18F3NO3S/c1-9-2-3-10(14(15,16)17)8-13(9)22(20,21)18-11-4-6-12(19)7-5-11/h2-3,8,11-12,18-19H,4-7H2,1H3. The fraction of sp³-hybridized carbons (Fsp3) is 0.571. The normalized spacial score (nSPS) is 23.5. The van der Waals surface area contributed by atoms with Crippen LogP contribution in [0.4, 0.5) is 13.2 Å². The molecule has 0 aromatic heterocycles. The highest BCUT2D eigenvalue weighted by Gasteiger charge is 2.33. The van der Waals surface area contributed by atoms with Crippen LogP contribution in [-0.4, -0.2) is 25.7 Å². The molecule has 2 rings (SSSR count). The summed E-state index contributed by atoms with van der Waals surface area (Å²) in [5, 5.41) is 9.41. The minimum atomic E-state index is -4.59. The van der Waals surface area contributed by atoms with Gasteiger partial charge in [0.25, 0.3) is 0 Å². The number of aryl methyl sites for hydroxylation is 1. The average Bonchev–Trinajstić information content (AvgIpc) is 2.40. The molecule has 1 saturated carbocycles. The zero-order chi connectivity index (χ0) is 16.5. The van der Waals surface area contributed by atoms with Crippen molar-refractivity contribution < 1.29 is 26.7 Å². The number of aliphatic hydroxyl groups excluding tert-OH is 1. The molecule has 0 saturated heterocycles. The van der Waals surface area contributed by atoms with Crippen molar-refractivity contribution in [1.29, 1.82) is 0 Å². The molecular formula is C14H18F3NO3S. The third-order valence-corrected chi connectivity index (χ3v) is 5.49. The molecule has 0 bridgehead atoms. The maximum Gasteiger partial charge on any atom is 0.416 e. The Morgan fingerprint density at radius 2 is 1.77 bits per heavy atom. The first-order valence-corrected chi connectivity index (χ1v) is 8.46. The zero-order valence-electron chi connectivity index (χ0n) is 12.0. The smallest absolute Gasteiger partial charge is 0.393 e. The highest BCUT2D eigenvalue weighted by molar-refractivity contribution is 7.89. The molecule has 4 nitrogen and oxygen atoms in total. The number of benzene rings is 1. The Bertz CT molecular complexity index is 635. The quantitative estimate of drug-likeness (QED) is 0.891. The summed E-state index contributed by atoms with van der Waals surface area (Å²) in [5.41, 5.74) is -0.728. The van der Waals surface area contributed by atoms with Crippen LogP contribution in [0.5, 0.6) is 0 Å². The fourth-order valence-corrected chi connectivity index (χ4v) is 4.12. The van der Waals surface area contributed by atoms with Gasteiger partial charge in [0.05, 0.1) is 16.6 Å². The predicted octanol–water partition coefficient (Wildman–Crippen LogP) is 2.60. The highest BCUT2D eigenvalue weighted by atomic mass is 32.2. The minimum Gasteiger partial charge on any atom is -0.393 e. The number of aliphatic hydroxyl groups is 1. The summed E-state index contributed by atoms with van der Waals surface area (Å²) in [5.74, 6) is 0. The van der Waals surface area contributed by atoms with Crippen molar-refractivity contribution in [1.82, 2.24) is 4.72 Å². The third-order valence-electron chi connectivity index (χ3n) is 3.82. The van der Waals surface area contributed by atoms with Crippen LogP contribution in [0.15, 0.2) is 23.1 Å². The van der Waals surface area contributed by atoms with Gasteiger partial charge in [0.15, 0.2) is 0 Å². The van der Waals surface area contributed by atoms with Gasteiger partial charge in [-0.25, -0.2) is 13.1 Å². The zero-order valence-corrected chi connectivity index (χ0v) is 12.8. The molecule has 0 amide bonds. The van der Waals surface area contributed by atoms with Gasteiger partial charge in [-0.2, -0.15) is 13.2 Å². The van der Waals surface area contributed by atoms with Crippen molar-refractivity contribution in [2.75, 3.05) is 0 Å². The summed E-state index contributed by atoms with van der Waals surface area (Å²) in [6.07, 6.45) is -3.12.